The second kappa shape index (κ2) is 13.4. The number of hydrogen-bond acceptors (Lipinski definition) is 5. The topological polar surface area (TPSA) is 38.8 Å². The number of halogens is 3. The molecule has 2 unspecified atom stereocenters. The van der Waals surface area contributed by atoms with Crippen LogP contribution in [0.25, 0.3) is 0 Å². The zero-order chi connectivity index (χ0) is 29.6. The van der Waals surface area contributed by atoms with Crippen LogP contribution in [0.15, 0.2) is 85.1 Å². The third-order valence-corrected chi connectivity index (χ3v) is 7.48. The quantitative estimate of drug-likeness (QED) is 0.256. The Balaban J connectivity index is 2.23. The third-order valence-electron chi connectivity index (χ3n) is 7.23. The first-order valence-electron chi connectivity index (χ1n) is 13.7. The lowest BCUT2D eigenvalue weighted by Crippen LogP contribution is -2.46. The Hall–Kier alpha value is -3.32. The van der Waals surface area contributed by atoms with Gasteiger partial charge in [0.2, 0.25) is 0 Å². The third kappa shape index (κ3) is 7.05. The Bertz CT molecular complexity index is 1240. The predicted octanol–water partition coefficient (Wildman–Crippen LogP) is 7.44. The van der Waals surface area contributed by atoms with Crippen LogP contribution in [0, 0.1) is 0 Å². The van der Waals surface area contributed by atoms with Gasteiger partial charge in [0.15, 0.2) is 0 Å². The van der Waals surface area contributed by atoms with Gasteiger partial charge in [0.1, 0.15) is 23.5 Å². The minimum absolute atomic E-state index is 0.0212. The minimum atomic E-state index is -3.03. The summed E-state index contributed by atoms with van der Waals surface area (Å²) < 4.78 is 28.8. The van der Waals surface area contributed by atoms with Gasteiger partial charge < -0.3 is 20.0 Å². The van der Waals surface area contributed by atoms with Crippen LogP contribution < -0.4 is 5.32 Å². The van der Waals surface area contributed by atoms with E-state index < -0.39 is 18.0 Å². The van der Waals surface area contributed by atoms with E-state index in [1.165, 1.54) is 12.1 Å². The maximum Gasteiger partial charge on any atom is 0.270 e. The Morgan fingerprint density at radius 1 is 1.18 bits per heavy atom. The van der Waals surface area contributed by atoms with E-state index in [2.05, 4.69) is 35.2 Å². The molecular formula is C32H41ClF2N4O. The molecule has 1 heterocycles. The number of hydrogen-bond donors (Lipinski definition) is 1. The van der Waals surface area contributed by atoms with Gasteiger partial charge in [-0.05, 0) is 48.4 Å². The molecule has 1 aliphatic heterocycles. The maximum atomic E-state index is 14.4. The standard InChI is InChI=1S/C32H41ClF2N4O/c1-8-12-27(40)28(24-13-11-14-25(20-24)32(5,34)35)30-36-31(37(6)10-3)29(22(4)38(7)19-9-2)39(30)21-23-15-17-26(33)18-16-23/h10-11,13-18,20,28,30,36H,3-4,8-9,12,19,21H2,1-2,5-7H3. The number of rotatable bonds is 14. The van der Waals surface area contributed by atoms with Crippen molar-refractivity contribution in [1.82, 2.24) is 20.0 Å². The van der Waals surface area contributed by atoms with Crippen LogP contribution in [-0.4, -0.2) is 47.3 Å². The van der Waals surface area contributed by atoms with Crippen LogP contribution in [-0.2, 0) is 17.3 Å². The number of ketones is 1. The molecule has 0 fully saturated rings. The molecular weight excluding hydrogens is 530 g/mol. The lowest BCUT2D eigenvalue weighted by atomic mass is 9.87. The van der Waals surface area contributed by atoms with Crippen molar-refractivity contribution in [2.75, 3.05) is 20.6 Å². The molecule has 3 rings (SSSR count). The number of alkyl halides is 2. The van der Waals surface area contributed by atoms with Crippen LogP contribution in [0.5, 0.6) is 0 Å². The molecule has 2 aromatic carbocycles. The summed E-state index contributed by atoms with van der Waals surface area (Å²) in [7, 11) is 3.87. The van der Waals surface area contributed by atoms with Gasteiger partial charge in [-0.3, -0.25) is 4.79 Å². The van der Waals surface area contributed by atoms with Gasteiger partial charge in [0, 0.05) is 51.1 Å². The fourth-order valence-electron chi connectivity index (χ4n) is 5.05. The number of nitrogens with zero attached hydrogens (tertiary/aromatic N) is 3. The van der Waals surface area contributed by atoms with E-state index in [4.69, 9.17) is 11.6 Å². The molecule has 216 valence electrons. The van der Waals surface area contributed by atoms with Gasteiger partial charge in [0.05, 0.1) is 11.6 Å². The van der Waals surface area contributed by atoms with Gasteiger partial charge in [-0.1, -0.05) is 68.9 Å². The van der Waals surface area contributed by atoms with Crippen molar-refractivity contribution >= 4 is 17.4 Å². The summed E-state index contributed by atoms with van der Waals surface area (Å²) in [6.45, 7) is 14.6. The second-order valence-electron chi connectivity index (χ2n) is 10.4. The van der Waals surface area contributed by atoms with E-state index >= 15 is 0 Å². The van der Waals surface area contributed by atoms with E-state index in [1.807, 2.05) is 50.2 Å². The number of likely N-dealkylation sites (N-methyl/N-ethyl adjacent to an activating group) is 1. The monoisotopic (exact) mass is 570 g/mol. The number of carbonyl (C=O) groups is 1. The minimum Gasteiger partial charge on any atom is -0.373 e. The zero-order valence-electron chi connectivity index (χ0n) is 24.2. The average molecular weight is 571 g/mol. The highest BCUT2D eigenvalue weighted by atomic mass is 35.5. The Morgan fingerprint density at radius 3 is 2.42 bits per heavy atom. The van der Waals surface area contributed by atoms with Gasteiger partial charge in [-0.25, -0.2) is 8.78 Å². The van der Waals surface area contributed by atoms with Crippen molar-refractivity contribution in [3.05, 3.63) is 107 Å². The summed E-state index contributed by atoms with van der Waals surface area (Å²) in [5.74, 6) is -3.03. The van der Waals surface area contributed by atoms with Gasteiger partial charge >= 0.3 is 0 Å². The fraction of sp³-hybridized carbons (Fsp3) is 0.406. The number of nitrogens with one attached hydrogen (secondary N) is 1. The van der Waals surface area contributed by atoms with Gasteiger partial charge in [0.25, 0.3) is 5.92 Å². The summed E-state index contributed by atoms with van der Waals surface area (Å²) in [5, 5.41) is 4.21. The number of benzene rings is 2. The largest absolute Gasteiger partial charge is 0.373 e. The highest BCUT2D eigenvalue weighted by Gasteiger charge is 2.43. The van der Waals surface area contributed by atoms with Gasteiger partial charge in [-0.15, -0.1) is 0 Å². The predicted molar refractivity (Wildman–Crippen MR) is 160 cm³/mol. The molecule has 2 atom stereocenters. The molecule has 0 saturated carbocycles. The Morgan fingerprint density at radius 2 is 1.85 bits per heavy atom. The molecule has 0 amide bonds. The Labute approximate surface area is 242 Å². The van der Waals surface area contributed by atoms with Crippen LogP contribution in [0.2, 0.25) is 5.02 Å². The first-order valence-corrected chi connectivity index (χ1v) is 14.1. The summed E-state index contributed by atoms with van der Waals surface area (Å²) >= 11 is 6.17. The van der Waals surface area contributed by atoms with E-state index in [9.17, 15) is 13.6 Å². The number of carbonyl (C=O) groups excluding carboxylic acids is 1. The normalized spacial score (nSPS) is 16.0. The second-order valence-corrected chi connectivity index (χ2v) is 10.8. The van der Waals surface area contributed by atoms with Crippen molar-refractivity contribution in [3.8, 4) is 0 Å². The van der Waals surface area contributed by atoms with Gasteiger partial charge in [-0.2, -0.15) is 0 Å². The first-order chi connectivity index (χ1) is 18.9. The lowest BCUT2D eigenvalue weighted by molar-refractivity contribution is -0.122. The molecule has 40 heavy (non-hydrogen) atoms. The molecule has 1 aliphatic rings. The van der Waals surface area contributed by atoms with Crippen LogP contribution in [0.1, 0.15) is 62.6 Å². The molecule has 5 nitrogen and oxygen atoms in total. The van der Waals surface area contributed by atoms with Crippen molar-refractivity contribution in [2.24, 2.45) is 0 Å². The molecule has 0 aliphatic carbocycles. The van der Waals surface area contributed by atoms with Crippen LogP contribution >= 0.6 is 11.6 Å². The smallest absolute Gasteiger partial charge is 0.270 e. The molecule has 0 aromatic heterocycles. The molecule has 8 heteroatoms. The lowest BCUT2D eigenvalue weighted by Gasteiger charge is -2.36. The van der Waals surface area contributed by atoms with E-state index in [0.29, 0.717) is 30.0 Å². The average Bonchev–Trinajstić information content (AvgIpc) is 3.27. The molecule has 2 aromatic rings. The first kappa shape index (κ1) is 31.2. The highest BCUT2D eigenvalue weighted by molar-refractivity contribution is 6.30. The summed E-state index contributed by atoms with van der Waals surface area (Å²) in [4.78, 5) is 19.9. The molecule has 1 N–H and O–H groups in total. The maximum absolute atomic E-state index is 14.4. The fourth-order valence-corrected chi connectivity index (χ4v) is 5.18. The van der Waals surface area contributed by atoms with E-state index in [1.54, 1.807) is 18.3 Å². The van der Waals surface area contributed by atoms with Crippen molar-refractivity contribution in [1.29, 1.82) is 0 Å². The van der Waals surface area contributed by atoms with E-state index in [0.717, 1.165) is 42.7 Å². The SMILES string of the molecule is C=CN(C)C1=C(C(=C)N(C)CCC)N(Cc2ccc(Cl)cc2)C(C(C(=O)CCC)c2cccc(C(C)(F)F)c2)N1. The molecule has 0 spiro atoms. The summed E-state index contributed by atoms with van der Waals surface area (Å²) in [6.07, 6.45) is 3.03. The van der Waals surface area contributed by atoms with Crippen molar-refractivity contribution in [2.45, 2.75) is 64.6 Å². The van der Waals surface area contributed by atoms with Crippen LogP contribution in [0.4, 0.5) is 8.78 Å². The van der Waals surface area contributed by atoms with Crippen molar-refractivity contribution < 1.29 is 13.6 Å². The number of Topliss-reactive ketones (excluding diaryl/α,β-unsaturated/α-hetero) is 1. The molecule has 0 bridgehead atoms. The highest BCUT2D eigenvalue weighted by Crippen LogP contribution is 2.39. The van der Waals surface area contributed by atoms with Crippen LogP contribution in [0.3, 0.4) is 0 Å². The Kier molecular flexibility index (Phi) is 10.4. The zero-order valence-corrected chi connectivity index (χ0v) is 24.9. The molecule has 0 radical (unpaired) electrons. The summed E-state index contributed by atoms with van der Waals surface area (Å²) in [5.41, 5.74) is 3.02. The van der Waals surface area contributed by atoms with Crippen molar-refractivity contribution in [3.63, 3.8) is 0 Å². The molecule has 0 saturated heterocycles. The summed E-state index contributed by atoms with van der Waals surface area (Å²) in [6, 6.07) is 13.8. The van der Waals surface area contributed by atoms with E-state index in [-0.39, 0.29) is 11.3 Å².